The van der Waals surface area contributed by atoms with Gasteiger partial charge in [-0.15, -0.1) is 0 Å². The molecule has 0 atom stereocenters. The predicted molar refractivity (Wildman–Crippen MR) is 140 cm³/mol. The number of rotatable bonds is 6. The molecule has 7 nitrogen and oxygen atoms in total. The molecular weight excluding hydrogens is 443 g/mol. The zero-order chi connectivity index (χ0) is 24.4. The molecule has 35 heavy (non-hydrogen) atoms. The van der Waals surface area contributed by atoms with E-state index in [0.29, 0.717) is 30.0 Å². The topological polar surface area (TPSA) is 56.8 Å². The molecule has 2 aliphatic heterocycles. The molecule has 2 aliphatic rings. The van der Waals surface area contributed by atoms with Crippen molar-refractivity contribution in [3.63, 3.8) is 0 Å². The summed E-state index contributed by atoms with van der Waals surface area (Å²) in [6.45, 7) is 14.6. The van der Waals surface area contributed by atoms with Crippen molar-refractivity contribution in [2.24, 2.45) is 5.92 Å². The zero-order valence-corrected chi connectivity index (χ0v) is 20.9. The summed E-state index contributed by atoms with van der Waals surface area (Å²) in [5.41, 5.74) is 4.25. The van der Waals surface area contributed by atoms with Gasteiger partial charge in [-0.3, -0.25) is 9.88 Å². The lowest BCUT2D eigenvalue weighted by atomic mass is 10.1. The minimum absolute atomic E-state index is 0.272. The summed E-state index contributed by atoms with van der Waals surface area (Å²) >= 11 is 0. The zero-order valence-electron chi connectivity index (χ0n) is 20.9. The second kappa shape index (κ2) is 10.3. The Hall–Kier alpha value is -2.97. The first-order valence-electron chi connectivity index (χ1n) is 12.6. The van der Waals surface area contributed by atoms with E-state index in [0.717, 1.165) is 74.3 Å². The van der Waals surface area contributed by atoms with Crippen LogP contribution in [0.2, 0.25) is 0 Å². The molecule has 2 saturated heterocycles. The van der Waals surface area contributed by atoms with E-state index in [-0.39, 0.29) is 5.82 Å². The van der Waals surface area contributed by atoms with Crippen LogP contribution in [0, 0.1) is 18.7 Å². The van der Waals surface area contributed by atoms with Crippen molar-refractivity contribution >= 4 is 33.8 Å². The van der Waals surface area contributed by atoms with Crippen molar-refractivity contribution < 1.29 is 9.13 Å². The molecule has 0 amide bonds. The Morgan fingerprint density at radius 3 is 2.54 bits per heavy atom. The maximum atomic E-state index is 15.1. The van der Waals surface area contributed by atoms with Gasteiger partial charge < -0.3 is 19.9 Å². The first-order valence-corrected chi connectivity index (χ1v) is 12.6. The molecule has 3 aromatic rings. The number of benzene rings is 1. The molecule has 4 heterocycles. The number of aromatic nitrogens is 2. The highest BCUT2D eigenvalue weighted by atomic mass is 19.1. The highest BCUT2D eigenvalue weighted by Crippen LogP contribution is 2.36. The average molecular weight is 479 g/mol. The van der Waals surface area contributed by atoms with E-state index >= 15 is 4.39 Å². The lowest BCUT2D eigenvalue weighted by molar-refractivity contribution is 0.122. The Kier molecular flexibility index (Phi) is 7.02. The largest absolute Gasteiger partial charge is 0.378 e. The standard InChI is InChI=1S/C27H35FN6O/c1-19(2)18-32-7-9-34(10-8-32)27-20(3)26(25-23(28)5-4-6-24(25)31-27)30-21-15-22(17-29-16-21)33-11-13-35-14-12-33/h4-6,15-17,19H,7-14,18H2,1-3H3,(H,30,31). The summed E-state index contributed by atoms with van der Waals surface area (Å²) in [4.78, 5) is 16.5. The van der Waals surface area contributed by atoms with Gasteiger partial charge in [0, 0.05) is 51.4 Å². The predicted octanol–water partition coefficient (Wildman–Crippen LogP) is 4.44. The fourth-order valence-corrected chi connectivity index (χ4v) is 5.11. The van der Waals surface area contributed by atoms with Crippen LogP contribution in [0.5, 0.6) is 0 Å². The van der Waals surface area contributed by atoms with Crippen LogP contribution in [-0.2, 0) is 4.74 Å². The van der Waals surface area contributed by atoms with Gasteiger partial charge in [0.25, 0.3) is 0 Å². The minimum atomic E-state index is -0.272. The molecule has 8 heteroatoms. The van der Waals surface area contributed by atoms with Gasteiger partial charge in [-0.1, -0.05) is 19.9 Å². The number of ether oxygens (including phenoxy) is 1. The number of halogens is 1. The van der Waals surface area contributed by atoms with Gasteiger partial charge in [0.05, 0.1) is 53.6 Å². The summed E-state index contributed by atoms with van der Waals surface area (Å²) < 4.78 is 20.6. The van der Waals surface area contributed by atoms with E-state index < -0.39 is 0 Å². The fraction of sp³-hybridized carbons (Fsp3) is 0.481. The summed E-state index contributed by atoms with van der Waals surface area (Å²) in [6.07, 6.45) is 3.66. The number of fused-ring (bicyclic) bond motifs is 1. The maximum absolute atomic E-state index is 15.1. The molecule has 0 radical (unpaired) electrons. The molecular formula is C27H35FN6O. The van der Waals surface area contributed by atoms with Gasteiger partial charge in [-0.2, -0.15) is 0 Å². The van der Waals surface area contributed by atoms with Crippen molar-refractivity contribution in [3.05, 3.63) is 48.0 Å². The third kappa shape index (κ3) is 5.18. The van der Waals surface area contributed by atoms with E-state index in [2.05, 4.69) is 44.9 Å². The van der Waals surface area contributed by atoms with E-state index in [4.69, 9.17) is 9.72 Å². The van der Waals surface area contributed by atoms with Gasteiger partial charge in [-0.05, 0) is 31.0 Å². The van der Waals surface area contributed by atoms with Gasteiger partial charge in [-0.25, -0.2) is 9.37 Å². The Balaban J connectivity index is 1.48. The van der Waals surface area contributed by atoms with Gasteiger partial charge >= 0.3 is 0 Å². The highest BCUT2D eigenvalue weighted by molar-refractivity contribution is 5.97. The van der Waals surface area contributed by atoms with Crippen molar-refractivity contribution in [2.75, 3.05) is 74.1 Å². The summed E-state index contributed by atoms with van der Waals surface area (Å²) in [7, 11) is 0. The second-order valence-electron chi connectivity index (χ2n) is 9.91. The number of nitrogens with zero attached hydrogens (tertiary/aromatic N) is 5. The van der Waals surface area contributed by atoms with Crippen molar-refractivity contribution in [1.29, 1.82) is 0 Å². The Labute approximate surface area is 206 Å². The lowest BCUT2D eigenvalue weighted by Gasteiger charge is -2.37. The number of hydrogen-bond acceptors (Lipinski definition) is 7. The summed E-state index contributed by atoms with van der Waals surface area (Å²) in [5, 5.41) is 4.03. The number of piperazine rings is 1. The van der Waals surface area contributed by atoms with Crippen molar-refractivity contribution in [2.45, 2.75) is 20.8 Å². The van der Waals surface area contributed by atoms with E-state index in [1.165, 1.54) is 6.07 Å². The van der Waals surface area contributed by atoms with Crippen molar-refractivity contribution in [1.82, 2.24) is 14.9 Å². The Morgan fingerprint density at radius 1 is 1.03 bits per heavy atom. The minimum Gasteiger partial charge on any atom is -0.378 e. The van der Waals surface area contributed by atoms with Crippen LogP contribution in [0.3, 0.4) is 0 Å². The van der Waals surface area contributed by atoms with E-state index in [1.54, 1.807) is 12.3 Å². The van der Waals surface area contributed by atoms with Gasteiger partial charge in [0.15, 0.2) is 0 Å². The fourth-order valence-electron chi connectivity index (χ4n) is 5.11. The SMILES string of the molecule is Cc1c(N2CCN(CC(C)C)CC2)nc2cccc(F)c2c1Nc1cncc(N2CCOCC2)c1. The number of pyridine rings is 2. The smallest absolute Gasteiger partial charge is 0.134 e. The molecule has 0 bridgehead atoms. The number of anilines is 4. The van der Waals surface area contributed by atoms with Crippen LogP contribution in [0.15, 0.2) is 36.7 Å². The van der Waals surface area contributed by atoms with Gasteiger partial charge in [0.1, 0.15) is 11.6 Å². The van der Waals surface area contributed by atoms with Crippen LogP contribution in [0.1, 0.15) is 19.4 Å². The third-order valence-electron chi connectivity index (χ3n) is 6.84. The molecule has 0 aliphatic carbocycles. The third-order valence-corrected chi connectivity index (χ3v) is 6.84. The van der Waals surface area contributed by atoms with Crippen LogP contribution in [0.4, 0.5) is 27.3 Å². The molecule has 0 saturated carbocycles. The first kappa shape index (κ1) is 23.8. The van der Waals surface area contributed by atoms with Crippen LogP contribution >= 0.6 is 0 Å². The van der Waals surface area contributed by atoms with Crippen molar-refractivity contribution in [3.8, 4) is 0 Å². The van der Waals surface area contributed by atoms with Crippen LogP contribution in [-0.4, -0.2) is 73.9 Å². The second-order valence-corrected chi connectivity index (χ2v) is 9.91. The molecule has 1 N–H and O–H groups in total. The monoisotopic (exact) mass is 478 g/mol. The molecule has 0 spiro atoms. The number of morpholine rings is 1. The molecule has 2 fully saturated rings. The number of hydrogen-bond donors (Lipinski definition) is 1. The quantitative estimate of drug-likeness (QED) is 0.562. The Bertz CT molecular complexity index is 1170. The van der Waals surface area contributed by atoms with E-state index in [9.17, 15) is 0 Å². The summed E-state index contributed by atoms with van der Waals surface area (Å²) in [6, 6.07) is 7.20. The molecule has 0 unspecified atom stereocenters. The number of nitrogens with one attached hydrogen (secondary N) is 1. The molecule has 5 rings (SSSR count). The van der Waals surface area contributed by atoms with Crippen LogP contribution < -0.4 is 15.1 Å². The maximum Gasteiger partial charge on any atom is 0.134 e. The first-order chi connectivity index (χ1) is 17.0. The average Bonchev–Trinajstić information content (AvgIpc) is 2.87. The summed E-state index contributed by atoms with van der Waals surface area (Å²) in [5.74, 6) is 1.31. The molecule has 2 aromatic heterocycles. The molecule has 1 aromatic carbocycles. The highest BCUT2D eigenvalue weighted by Gasteiger charge is 2.23. The van der Waals surface area contributed by atoms with E-state index in [1.807, 2.05) is 19.2 Å². The Morgan fingerprint density at radius 2 is 1.80 bits per heavy atom. The lowest BCUT2D eigenvalue weighted by Crippen LogP contribution is -2.48. The van der Waals surface area contributed by atoms with Gasteiger partial charge in [0.2, 0.25) is 0 Å². The van der Waals surface area contributed by atoms with Crippen LogP contribution in [0.25, 0.3) is 10.9 Å². The molecule has 186 valence electrons. The normalized spacial score (nSPS) is 17.4.